The van der Waals surface area contributed by atoms with Gasteiger partial charge in [0, 0.05) is 35.5 Å². The fourth-order valence-electron chi connectivity index (χ4n) is 6.02. The maximum atomic E-state index is 6.73. The minimum Gasteiger partial charge on any atom is -0.417 e. The average Bonchev–Trinajstić information content (AvgIpc) is 2.92. The molecule has 7 rings (SSSR count). The lowest BCUT2D eigenvalue weighted by Gasteiger charge is -2.54. The van der Waals surface area contributed by atoms with E-state index in [4.69, 9.17) is 32.8 Å². The fourth-order valence-corrected chi connectivity index (χ4v) is 11.1. The smallest absolute Gasteiger partial charge is 0.308 e. The van der Waals surface area contributed by atoms with Crippen molar-refractivity contribution < 1.29 is 32.8 Å². The highest BCUT2D eigenvalue weighted by Gasteiger charge is 2.58. The fraction of sp³-hybridized carbons (Fsp3) is 0.935. The first-order valence-corrected chi connectivity index (χ1v) is 20.4. The van der Waals surface area contributed by atoms with E-state index in [0.717, 1.165) is 36.5 Å². The summed E-state index contributed by atoms with van der Waals surface area (Å²) < 4.78 is 44.8. The monoisotopic (exact) mass is 630 g/mol. The largest absolute Gasteiger partial charge is 0.417 e. The summed E-state index contributed by atoms with van der Waals surface area (Å²) in [7, 11) is -1.84. The Kier molecular flexibility index (Phi) is 9.29. The second-order valence-electron chi connectivity index (χ2n) is 15.5. The number of hydrogen-bond acceptors (Lipinski definition) is 9. The lowest BCUT2D eigenvalue weighted by atomic mass is 9.84. The molecule has 236 valence electrons. The standard InChI is InChI=1S/C31H54O7S2Si/c1-23(2)25(11-12-38-41(8,9)26(3,4)5)29(39-13-10-14-40-29)15-24(31-35-20-28(7,21-36-31)22-37-31)16-30-32-17-27(6,18-33-30)19-34-30/h16,23,25H,10-15,17-22H2,1-9H3/b24-16-/t25-,27?,28?,30?,31?/m0/s1. The molecule has 4 bridgehead atoms. The van der Waals surface area contributed by atoms with Crippen molar-refractivity contribution in [3.63, 3.8) is 0 Å². The van der Waals surface area contributed by atoms with Crippen molar-refractivity contribution in [2.24, 2.45) is 22.7 Å². The maximum Gasteiger partial charge on any atom is 0.308 e. The predicted octanol–water partition coefficient (Wildman–Crippen LogP) is 7.03. The molecule has 0 aliphatic carbocycles. The minimum atomic E-state index is -1.84. The van der Waals surface area contributed by atoms with Crippen LogP contribution in [0, 0.1) is 22.7 Å². The highest BCUT2D eigenvalue weighted by molar-refractivity contribution is 8.18. The minimum absolute atomic E-state index is 0.0907. The molecule has 0 spiro atoms. The first kappa shape index (κ1) is 32.8. The predicted molar refractivity (Wildman–Crippen MR) is 168 cm³/mol. The van der Waals surface area contributed by atoms with Crippen LogP contribution in [0.1, 0.15) is 67.7 Å². The molecular weight excluding hydrogens is 577 g/mol. The Labute approximate surface area is 258 Å². The lowest BCUT2D eigenvalue weighted by molar-refractivity contribution is -0.455. The highest BCUT2D eigenvalue weighted by atomic mass is 32.2. The normalized spacial score (nSPS) is 38.4. The zero-order chi connectivity index (χ0) is 29.8. The van der Waals surface area contributed by atoms with E-state index in [1.54, 1.807) is 0 Å². The van der Waals surface area contributed by atoms with Crippen LogP contribution in [-0.4, -0.2) is 82.1 Å². The van der Waals surface area contributed by atoms with E-state index in [1.807, 2.05) is 6.08 Å². The summed E-state index contributed by atoms with van der Waals surface area (Å²) in [6, 6.07) is 0. The Morgan fingerprint density at radius 3 is 1.80 bits per heavy atom. The van der Waals surface area contributed by atoms with Crippen LogP contribution in [-0.2, 0) is 32.8 Å². The van der Waals surface area contributed by atoms with Crippen molar-refractivity contribution >= 4 is 31.8 Å². The third-order valence-corrected chi connectivity index (χ3v) is 18.0. The van der Waals surface area contributed by atoms with E-state index < -0.39 is 20.3 Å². The number of fused-ring (bicyclic) bond motifs is 6. The average molecular weight is 631 g/mol. The topological polar surface area (TPSA) is 64.6 Å². The van der Waals surface area contributed by atoms with Gasteiger partial charge < -0.3 is 32.8 Å². The molecule has 0 aromatic heterocycles. The molecule has 7 fully saturated rings. The van der Waals surface area contributed by atoms with Crippen molar-refractivity contribution in [1.82, 2.24) is 0 Å². The van der Waals surface area contributed by atoms with Crippen molar-refractivity contribution in [2.75, 3.05) is 57.8 Å². The van der Waals surface area contributed by atoms with Gasteiger partial charge >= 0.3 is 11.9 Å². The Morgan fingerprint density at radius 2 is 1.34 bits per heavy atom. The van der Waals surface area contributed by atoms with Gasteiger partial charge in [0.1, 0.15) is 0 Å². The van der Waals surface area contributed by atoms with Gasteiger partial charge in [-0.05, 0) is 54.3 Å². The molecule has 7 aliphatic rings. The third kappa shape index (κ3) is 6.68. The first-order valence-electron chi connectivity index (χ1n) is 15.5. The van der Waals surface area contributed by atoms with Gasteiger partial charge in [-0.15, -0.1) is 23.5 Å². The molecule has 1 atom stereocenters. The van der Waals surface area contributed by atoms with Crippen LogP contribution in [0.5, 0.6) is 0 Å². The van der Waals surface area contributed by atoms with Crippen LogP contribution in [0.25, 0.3) is 0 Å². The molecule has 7 saturated heterocycles. The van der Waals surface area contributed by atoms with Crippen LogP contribution in [0.15, 0.2) is 11.6 Å². The second-order valence-corrected chi connectivity index (χ2v) is 23.4. The maximum absolute atomic E-state index is 6.73. The Balaban J connectivity index is 1.46. The molecule has 10 heteroatoms. The molecule has 0 radical (unpaired) electrons. The van der Waals surface area contributed by atoms with Gasteiger partial charge in [-0.25, -0.2) is 0 Å². The third-order valence-electron chi connectivity index (χ3n) is 9.93. The van der Waals surface area contributed by atoms with Gasteiger partial charge in [0.25, 0.3) is 0 Å². The second kappa shape index (κ2) is 11.6. The summed E-state index contributed by atoms with van der Waals surface area (Å²) in [6.07, 6.45) is 4.96. The van der Waals surface area contributed by atoms with Gasteiger partial charge in [0.2, 0.25) is 0 Å². The summed E-state index contributed by atoms with van der Waals surface area (Å²) in [6.45, 7) is 25.0. The van der Waals surface area contributed by atoms with Crippen molar-refractivity contribution in [3.05, 3.63) is 11.6 Å². The quantitative estimate of drug-likeness (QED) is 0.187. The van der Waals surface area contributed by atoms with Crippen LogP contribution < -0.4 is 0 Å². The molecule has 41 heavy (non-hydrogen) atoms. The van der Waals surface area contributed by atoms with Crippen LogP contribution in [0.3, 0.4) is 0 Å². The first-order chi connectivity index (χ1) is 19.1. The molecule has 0 saturated carbocycles. The molecule has 0 aromatic rings. The molecule has 7 aliphatic heterocycles. The molecule has 7 heterocycles. The van der Waals surface area contributed by atoms with Crippen molar-refractivity contribution in [3.8, 4) is 0 Å². The zero-order valence-corrected chi connectivity index (χ0v) is 29.5. The summed E-state index contributed by atoms with van der Waals surface area (Å²) in [5.41, 5.74) is 0.681. The highest BCUT2D eigenvalue weighted by Crippen LogP contribution is 2.57. The number of rotatable bonds is 10. The number of thioether (sulfide) groups is 2. The van der Waals surface area contributed by atoms with E-state index in [-0.39, 0.29) is 19.9 Å². The molecule has 0 unspecified atom stereocenters. The van der Waals surface area contributed by atoms with Gasteiger partial charge in [-0.2, -0.15) is 0 Å². The summed E-state index contributed by atoms with van der Waals surface area (Å²) in [5, 5.41) is 0.194. The lowest BCUT2D eigenvalue weighted by Crippen LogP contribution is -2.62. The van der Waals surface area contributed by atoms with Gasteiger partial charge in [-0.3, -0.25) is 0 Å². The number of ether oxygens (including phenoxy) is 6. The Morgan fingerprint density at radius 1 is 0.854 bits per heavy atom. The van der Waals surface area contributed by atoms with Gasteiger partial charge in [0.15, 0.2) is 8.32 Å². The molecular formula is C31H54O7S2Si. The Hall–Kier alpha value is 0.377. The van der Waals surface area contributed by atoms with Crippen LogP contribution in [0.4, 0.5) is 0 Å². The number of hydrogen-bond donors (Lipinski definition) is 0. The van der Waals surface area contributed by atoms with Crippen LogP contribution >= 0.6 is 23.5 Å². The summed E-state index contributed by atoms with van der Waals surface area (Å²) >= 11 is 4.18. The van der Waals surface area contributed by atoms with E-state index in [9.17, 15) is 0 Å². The van der Waals surface area contributed by atoms with Gasteiger partial charge in [0.05, 0.1) is 43.7 Å². The van der Waals surface area contributed by atoms with Crippen molar-refractivity contribution in [2.45, 2.75) is 102 Å². The molecule has 0 aromatic carbocycles. The summed E-state index contributed by atoms with van der Waals surface area (Å²) in [5.74, 6) is 0.679. The van der Waals surface area contributed by atoms with E-state index >= 15 is 0 Å². The Bertz CT molecular complexity index is 923. The van der Waals surface area contributed by atoms with E-state index in [1.165, 1.54) is 6.42 Å². The SMILES string of the molecule is CC(C)[C@H](CCO[Si](C)(C)C(C)(C)C)C1(C/C(=C/C23OCC(C)(CO2)CO3)C23OCC(C)(CO2)CO3)SCCCS1. The summed E-state index contributed by atoms with van der Waals surface area (Å²) in [4.78, 5) is 0. The van der Waals surface area contributed by atoms with Crippen molar-refractivity contribution in [1.29, 1.82) is 0 Å². The molecule has 7 nitrogen and oxygen atoms in total. The molecule has 0 amide bonds. The van der Waals surface area contributed by atoms with Gasteiger partial charge in [-0.1, -0.05) is 48.5 Å². The van der Waals surface area contributed by atoms with Crippen LogP contribution in [0.2, 0.25) is 18.1 Å². The zero-order valence-electron chi connectivity index (χ0n) is 26.9. The molecule has 0 N–H and O–H groups in total. The van der Waals surface area contributed by atoms with E-state index in [2.05, 4.69) is 85.1 Å². The van der Waals surface area contributed by atoms with E-state index in [0.29, 0.717) is 51.5 Å².